The van der Waals surface area contributed by atoms with Gasteiger partial charge in [-0.25, -0.2) is 4.57 Å². The van der Waals surface area contributed by atoms with Crippen molar-refractivity contribution in [2.24, 2.45) is 0 Å². The van der Waals surface area contributed by atoms with Crippen molar-refractivity contribution >= 4 is 41.4 Å². The molecule has 3 aromatic rings. The van der Waals surface area contributed by atoms with E-state index in [-0.39, 0.29) is 5.75 Å². The zero-order chi connectivity index (χ0) is 20.3. The summed E-state index contributed by atoms with van der Waals surface area (Å²) in [6, 6.07) is 8.87. The molecule has 0 saturated heterocycles. The van der Waals surface area contributed by atoms with E-state index in [0.717, 1.165) is 15.8 Å². The van der Waals surface area contributed by atoms with E-state index in [1.54, 1.807) is 38.5 Å². The molecule has 1 heterocycles. The predicted octanol–water partition coefficient (Wildman–Crippen LogP) is 4.57. The zero-order valence-corrected chi connectivity index (χ0v) is 17.1. The fraction of sp³-hybridized carbons (Fsp3) is 0.158. The van der Waals surface area contributed by atoms with Gasteiger partial charge in [0.2, 0.25) is 5.75 Å². The molecule has 148 valence electrons. The molecule has 0 saturated carbocycles. The second-order valence-corrected chi connectivity index (χ2v) is 7.84. The molecule has 2 aromatic carbocycles. The Labute approximate surface area is 166 Å². The van der Waals surface area contributed by atoms with Crippen molar-refractivity contribution in [3.8, 4) is 23.0 Å². The molecule has 0 aliphatic carbocycles. The maximum absolute atomic E-state index is 11.3. The van der Waals surface area contributed by atoms with Crippen LogP contribution in [0.4, 0.5) is 0 Å². The molecule has 0 amide bonds. The lowest BCUT2D eigenvalue weighted by Crippen LogP contribution is -1.95. The lowest BCUT2D eigenvalue weighted by atomic mass is 10.1. The van der Waals surface area contributed by atoms with Crippen LogP contribution in [0.2, 0.25) is 0 Å². The van der Waals surface area contributed by atoms with Crippen LogP contribution in [0.25, 0.3) is 22.2 Å². The molecule has 0 aliphatic rings. The largest absolute Gasteiger partial charge is 0.524 e. The number of methoxy groups -OCH3 is 3. The van der Waals surface area contributed by atoms with Gasteiger partial charge < -0.3 is 18.7 Å². The van der Waals surface area contributed by atoms with Crippen LogP contribution in [-0.2, 0) is 4.57 Å². The van der Waals surface area contributed by atoms with E-state index in [9.17, 15) is 4.57 Å². The summed E-state index contributed by atoms with van der Waals surface area (Å²) in [6.45, 7) is 0. The van der Waals surface area contributed by atoms with Gasteiger partial charge in [-0.15, -0.1) is 11.3 Å². The molecule has 9 heteroatoms. The van der Waals surface area contributed by atoms with Gasteiger partial charge in [0.05, 0.1) is 21.3 Å². The highest BCUT2D eigenvalue weighted by Crippen LogP contribution is 2.43. The van der Waals surface area contributed by atoms with Crippen LogP contribution in [0.1, 0.15) is 11.1 Å². The van der Waals surface area contributed by atoms with E-state index < -0.39 is 7.82 Å². The quantitative estimate of drug-likeness (QED) is 0.425. The Kier molecular flexibility index (Phi) is 5.96. The summed E-state index contributed by atoms with van der Waals surface area (Å²) in [5, 5.41) is 2.49. The Balaban J connectivity index is 2.00. The van der Waals surface area contributed by atoms with E-state index in [2.05, 4.69) is 0 Å². The van der Waals surface area contributed by atoms with Crippen LogP contribution >= 0.6 is 19.2 Å². The van der Waals surface area contributed by atoms with Crippen LogP contribution in [0, 0.1) is 0 Å². The molecule has 0 bridgehead atoms. The molecule has 3 rings (SSSR count). The number of phosphoric acid groups is 1. The van der Waals surface area contributed by atoms with Crippen molar-refractivity contribution in [3.63, 3.8) is 0 Å². The molecule has 2 N–H and O–H groups in total. The molecular formula is C19H19O7PS. The van der Waals surface area contributed by atoms with Crippen LogP contribution < -0.4 is 18.7 Å². The first kappa shape index (κ1) is 20.2. The maximum Gasteiger partial charge on any atom is 0.524 e. The Morgan fingerprint density at radius 3 is 2.00 bits per heavy atom. The predicted molar refractivity (Wildman–Crippen MR) is 110 cm³/mol. The number of benzene rings is 2. The van der Waals surface area contributed by atoms with E-state index in [4.69, 9.17) is 28.5 Å². The van der Waals surface area contributed by atoms with Gasteiger partial charge in [-0.05, 0) is 46.8 Å². The smallest absolute Gasteiger partial charge is 0.493 e. The van der Waals surface area contributed by atoms with E-state index in [0.29, 0.717) is 22.6 Å². The first-order valence-corrected chi connectivity index (χ1v) is 10.5. The SMILES string of the molecule is COc1cc(/C=C/c2cc(OP(=O)(O)O)c3ccsc3c2)cc(OC)c1OC. The third-order valence-corrected chi connectivity index (χ3v) is 5.23. The topological polar surface area (TPSA) is 94.5 Å². The molecule has 0 aliphatic heterocycles. The maximum atomic E-state index is 11.3. The van der Waals surface area contributed by atoms with Gasteiger partial charge in [0.15, 0.2) is 11.5 Å². The lowest BCUT2D eigenvalue weighted by molar-refractivity contribution is 0.284. The third kappa shape index (κ3) is 4.48. The van der Waals surface area contributed by atoms with Gasteiger partial charge in [0.1, 0.15) is 5.75 Å². The number of phosphoric ester groups is 1. The summed E-state index contributed by atoms with van der Waals surface area (Å²) < 4.78 is 33.0. The van der Waals surface area contributed by atoms with Gasteiger partial charge in [-0.2, -0.15) is 0 Å². The highest BCUT2D eigenvalue weighted by Gasteiger charge is 2.18. The standard InChI is InChI=1S/C19H19O7PS/c1-23-16-9-12(10-17(24-2)19(16)25-3)4-5-13-8-15(26-27(20,21)22)14-6-7-28-18(14)11-13/h4-11H,1-3H3,(H2,20,21,22)/b5-4+. The van der Waals surface area contributed by atoms with Gasteiger partial charge >= 0.3 is 7.82 Å². The van der Waals surface area contributed by atoms with Crippen LogP contribution in [0.5, 0.6) is 23.0 Å². The molecule has 0 fully saturated rings. The summed E-state index contributed by atoms with van der Waals surface area (Å²) in [4.78, 5) is 18.3. The Morgan fingerprint density at radius 2 is 1.46 bits per heavy atom. The number of rotatable bonds is 7. The summed E-state index contributed by atoms with van der Waals surface area (Å²) in [6.07, 6.45) is 3.65. The number of ether oxygens (including phenoxy) is 3. The van der Waals surface area contributed by atoms with E-state index in [1.807, 2.05) is 23.6 Å². The second-order valence-electron chi connectivity index (χ2n) is 5.73. The molecule has 0 unspecified atom stereocenters. The summed E-state index contributed by atoms with van der Waals surface area (Å²) >= 11 is 1.46. The minimum atomic E-state index is -4.66. The summed E-state index contributed by atoms with van der Waals surface area (Å²) in [5.41, 5.74) is 1.53. The number of hydrogen-bond donors (Lipinski definition) is 2. The molecule has 0 spiro atoms. The van der Waals surface area contributed by atoms with Crippen molar-refractivity contribution in [2.75, 3.05) is 21.3 Å². The van der Waals surface area contributed by atoms with Gasteiger partial charge in [-0.3, -0.25) is 9.79 Å². The average molecular weight is 422 g/mol. The third-order valence-electron chi connectivity index (χ3n) is 3.93. The van der Waals surface area contributed by atoms with E-state index >= 15 is 0 Å². The van der Waals surface area contributed by atoms with Crippen LogP contribution in [0.3, 0.4) is 0 Å². The van der Waals surface area contributed by atoms with Crippen molar-refractivity contribution in [3.05, 3.63) is 46.8 Å². The van der Waals surface area contributed by atoms with Crippen LogP contribution in [0.15, 0.2) is 35.7 Å². The Morgan fingerprint density at radius 1 is 0.893 bits per heavy atom. The number of fused-ring (bicyclic) bond motifs is 1. The summed E-state index contributed by atoms with van der Waals surface area (Å²) in [7, 11) is -0.0393. The molecule has 0 atom stereocenters. The van der Waals surface area contributed by atoms with E-state index in [1.165, 1.54) is 18.4 Å². The van der Waals surface area contributed by atoms with Crippen molar-refractivity contribution in [2.45, 2.75) is 0 Å². The zero-order valence-electron chi connectivity index (χ0n) is 15.4. The normalized spacial score (nSPS) is 11.8. The molecule has 7 nitrogen and oxygen atoms in total. The molecule has 0 radical (unpaired) electrons. The number of hydrogen-bond acceptors (Lipinski definition) is 6. The average Bonchev–Trinajstić information content (AvgIpc) is 3.13. The molecular weight excluding hydrogens is 403 g/mol. The fourth-order valence-electron chi connectivity index (χ4n) is 2.75. The number of thiophene rings is 1. The van der Waals surface area contributed by atoms with Crippen molar-refractivity contribution in [1.29, 1.82) is 0 Å². The first-order chi connectivity index (χ1) is 13.3. The Bertz CT molecular complexity index is 1040. The molecule has 28 heavy (non-hydrogen) atoms. The van der Waals surface area contributed by atoms with Gasteiger partial charge in [0.25, 0.3) is 0 Å². The minimum Gasteiger partial charge on any atom is -0.493 e. The van der Waals surface area contributed by atoms with Crippen LogP contribution in [-0.4, -0.2) is 31.1 Å². The first-order valence-electron chi connectivity index (χ1n) is 8.09. The lowest BCUT2D eigenvalue weighted by Gasteiger charge is -2.13. The second kappa shape index (κ2) is 8.24. The Hall–Kier alpha value is -2.51. The molecule has 1 aromatic heterocycles. The fourth-order valence-corrected chi connectivity index (χ4v) is 4.01. The minimum absolute atomic E-state index is 0.136. The van der Waals surface area contributed by atoms with Gasteiger partial charge in [0, 0.05) is 10.1 Å². The highest BCUT2D eigenvalue weighted by molar-refractivity contribution is 7.46. The highest BCUT2D eigenvalue weighted by atomic mass is 32.1. The summed E-state index contributed by atoms with van der Waals surface area (Å²) in [5.74, 6) is 1.69. The van der Waals surface area contributed by atoms with Crippen molar-refractivity contribution in [1.82, 2.24) is 0 Å². The van der Waals surface area contributed by atoms with Gasteiger partial charge in [-0.1, -0.05) is 12.2 Å². The monoisotopic (exact) mass is 422 g/mol. The van der Waals surface area contributed by atoms with Crippen molar-refractivity contribution < 1.29 is 33.1 Å².